The number of aldehydes is 1. The summed E-state index contributed by atoms with van der Waals surface area (Å²) in [6.07, 6.45) is 0.804. The van der Waals surface area contributed by atoms with Crippen LogP contribution in [0.3, 0.4) is 0 Å². The van der Waals surface area contributed by atoms with Crippen LogP contribution in [-0.2, 0) is 6.61 Å². The molecule has 0 spiro atoms. The molecule has 0 bridgehead atoms. The zero-order valence-corrected chi connectivity index (χ0v) is 13.4. The summed E-state index contributed by atoms with van der Waals surface area (Å²) in [6.45, 7) is 0.520. The van der Waals surface area contributed by atoms with Gasteiger partial charge in [0.05, 0.1) is 12.7 Å². The van der Waals surface area contributed by atoms with E-state index in [0.29, 0.717) is 17.9 Å². The van der Waals surface area contributed by atoms with E-state index in [0.717, 1.165) is 28.7 Å². The molecular formula is C21H18O3. The first-order valence-electron chi connectivity index (χ1n) is 7.70. The van der Waals surface area contributed by atoms with Crippen molar-refractivity contribution in [2.24, 2.45) is 0 Å². The predicted octanol–water partition coefficient (Wildman–Crippen LogP) is 4.75. The van der Waals surface area contributed by atoms with Crippen LogP contribution in [0.25, 0.3) is 11.1 Å². The minimum atomic E-state index is 0.520. The molecule has 0 saturated heterocycles. The van der Waals surface area contributed by atoms with Crippen molar-refractivity contribution in [1.29, 1.82) is 0 Å². The van der Waals surface area contributed by atoms with Gasteiger partial charge in [-0.2, -0.15) is 0 Å². The molecule has 0 unspecified atom stereocenters. The molecule has 0 aliphatic carbocycles. The predicted molar refractivity (Wildman–Crippen MR) is 94.6 cm³/mol. The van der Waals surface area contributed by atoms with E-state index in [1.165, 1.54) is 0 Å². The highest BCUT2D eigenvalue weighted by molar-refractivity contribution is 5.83. The van der Waals surface area contributed by atoms with Crippen molar-refractivity contribution < 1.29 is 14.3 Å². The van der Waals surface area contributed by atoms with Crippen LogP contribution in [0.1, 0.15) is 15.9 Å². The lowest BCUT2D eigenvalue weighted by Gasteiger charge is -2.10. The molecule has 0 aliphatic heterocycles. The lowest BCUT2D eigenvalue weighted by atomic mass is 10.0. The van der Waals surface area contributed by atoms with Crippen molar-refractivity contribution in [3.05, 3.63) is 83.9 Å². The van der Waals surface area contributed by atoms with Crippen LogP contribution >= 0.6 is 0 Å². The number of carbonyl (C=O) groups is 1. The van der Waals surface area contributed by atoms with Gasteiger partial charge in [-0.1, -0.05) is 48.5 Å². The maximum Gasteiger partial charge on any atom is 0.153 e. The average molecular weight is 318 g/mol. The molecule has 0 saturated carbocycles. The molecule has 0 heterocycles. The van der Waals surface area contributed by atoms with E-state index in [-0.39, 0.29) is 0 Å². The Morgan fingerprint density at radius 3 is 2.42 bits per heavy atom. The van der Waals surface area contributed by atoms with Gasteiger partial charge in [0.2, 0.25) is 0 Å². The minimum absolute atomic E-state index is 0.520. The zero-order chi connectivity index (χ0) is 16.8. The molecule has 3 heteroatoms. The number of benzene rings is 3. The van der Waals surface area contributed by atoms with Crippen LogP contribution < -0.4 is 9.47 Å². The molecule has 3 nitrogen and oxygen atoms in total. The lowest BCUT2D eigenvalue weighted by molar-refractivity contribution is 0.112. The molecule has 24 heavy (non-hydrogen) atoms. The first-order valence-corrected chi connectivity index (χ1v) is 7.70. The van der Waals surface area contributed by atoms with Crippen molar-refractivity contribution in [2.75, 3.05) is 7.11 Å². The van der Waals surface area contributed by atoms with Crippen molar-refractivity contribution in [3.8, 4) is 22.6 Å². The summed E-state index contributed by atoms with van der Waals surface area (Å²) in [6, 6.07) is 23.4. The molecule has 0 N–H and O–H groups in total. The summed E-state index contributed by atoms with van der Waals surface area (Å²) in [4.78, 5) is 11.2. The van der Waals surface area contributed by atoms with Crippen LogP contribution in [0.5, 0.6) is 11.5 Å². The summed E-state index contributed by atoms with van der Waals surface area (Å²) in [5.41, 5.74) is 3.59. The van der Waals surface area contributed by atoms with E-state index < -0.39 is 0 Å². The smallest absolute Gasteiger partial charge is 0.153 e. The number of rotatable bonds is 6. The molecule has 0 amide bonds. The highest BCUT2D eigenvalue weighted by Gasteiger charge is 2.06. The van der Waals surface area contributed by atoms with Gasteiger partial charge in [0.25, 0.3) is 0 Å². The second-order valence-corrected chi connectivity index (χ2v) is 5.38. The Balaban J connectivity index is 1.81. The number of hydrogen-bond donors (Lipinski definition) is 0. The first kappa shape index (κ1) is 15.8. The molecular weight excluding hydrogens is 300 g/mol. The fourth-order valence-electron chi connectivity index (χ4n) is 2.51. The molecule has 0 aromatic heterocycles. The number of ether oxygens (including phenoxy) is 2. The largest absolute Gasteiger partial charge is 0.496 e. The Hall–Kier alpha value is -3.07. The topological polar surface area (TPSA) is 35.5 Å². The zero-order valence-electron chi connectivity index (χ0n) is 13.4. The van der Waals surface area contributed by atoms with Crippen LogP contribution in [0.2, 0.25) is 0 Å². The third kappa shape index (κ3) is 3.63. The van der Waals surface area contributed by atoms with Crippen LogP contribution in [0, 0.1) is 0 Å². The summed E-state index contributed by atoms with van der Waals surface area (Å²) in [5, 5.41) is 0. The van der Waals surface area contributed by atoms with Gasteiger partial charge in [0.15, 0.2) is 6.29 Å². The highest BCUT2D eigenvalue weighted by atomic mass is 16.5. The molecule has 3 aromatic rings. The summed E-state index contributed by atoms with van der Waals surface area (Å²) >= 11 is 0. The standard InChI is InChI=1S/C21H18O3/c1-23-21-11-10-18(12-19(21)14-22)17-8-5-9-20(13-17)24-15-16-6-3-2-4-7-16/h2-14H,15H2,1H3. The summed E-state index contributed by atoms with van der Waals surface area (Å²) in [7, 11) is 1.56. The number of hydrogen-bond acceptors (Lipinski definition) is 3. The Morgan fingerprint density at radius 2 is 1.67 bits per heavy atom. The van der Waals surface area contributed by atoms with E-state index in [2.05, 4.69) is 0 Å². The van der Waals surface area contributed by atoms with Crippen molar-refractivity contribution >= 4 is 6.29 Å². The minimum Gasteiger partial charge on any atom is -0.496 e. The second-order valence-electron chi connectivity index (χ2n) is 5.38. The fourth-order valence-corrected chi connectivity index (χ4v) is 2.51. The third-order valence-electron chi connectivity index (χ3n) is 3.77. The Morgan fingerprint density at radius 1 is 0.875 bits per heavy atom. The van der Waals surface area contributed by atoms with Gasteiger partial charge < -0.3 is 9.47 Å². The number of carbonyl (C=O) groups excluding carboxylic acids is 1. The lowest BCUT2D eigenvalue weighted by Crippen LogP contribution is -1.95. The molecule has 0 aliphatic rings. The van der Waals surface area contributed by atoms with Gasteiger partial charge in [-0.25, -0.2) is 0 Å². The van der Waals surface area contributed by atoms with Gasteiger partial charge in [-0.15, -0.1) is 0 Å². The van der Waals surface area contributed by atoms with Crippen LogP contribution in [0.15, 0.2) is 72.8 Å². The van der Waals surface area contributed by atoms with Crippen molar-refractivity contribution in [1.82, 2.24) is 0 Å². The van der Waals surface area contributed by atoms with Crippen LogP contribution in [-0.4, -0.2) is 13.4 Å². The van der Waals surface area contributed by atoms with Gasteiger partial charge in [-0.3, -0.25) is 4.79 Å². The van der Waals surface area contributed by atoms with E-state index >= 15 is 0 Å². The Kier molecular flexibility index (Phi) is 4.92. The molecule has 0 fully saturated rings. The fraction of sp³-hybridized carbons (Fsp3) is 0.0952. The maximum absolute atomic E-state index is 11.2. The molecule has 3 rings (SSSR count). The van der Waals surface area contributed by atoms with Crippen molar-refractivity contribution in [2.45, 2.75) is 6.61 Å². The first-order chi connectivity index (χ1) is 11.8. The normalized spacial score (nSPS) is 10.2. The average Bonchev–Trinajstić information content (AvgIpc) is 2.67. The quantitative estimate of drug-likeness (QED) is 0.615. The molecule has 3 aromatic carbocycles. The molecule has 120 valence electrons. The van der Waals surface area contributed by atoms with Gasteiger partial charge in [-0.05, 0) is 41.0 Å². The number of methoxy groups -OCH3 is 1. The van der Waals surface area contributed by atoms with Gasteiger partial charge >= 0.3 is 0 Å². The Labute approximate surface area is 141 Å². The van der Waals surface area contributed by atoms with Gasteiger partial charge in [0.1, 0.15) is 18.1 Å². The SMILES string of the molecule is COc1ccc(-c2cccc(OCc3ccccc3)c2)cc1C=O. The monoisotopic (exact) mass is 318 g/mol. The van der Waals surface area contributed by atoms with Crippen molar-refractivity contribution in [3.63, 3.8) is 0 Å². The second kappa shape index (κ2) is 7.47. The molecule has 0 atom stereocenters. The summed E-state index contributed by atoms with van der Waals surface area (Å²) in [5.74, 6) is 1.37. The maximum atomic E-state index is 11.2. The summed E-state index contributed by atoms with van der Waals surface area (Å²) < 4.78 is 11.0. The highest BCUT2D eigenvalue weighted by Crippen LogP contribution is 2.28. The van der Waals surface area contributed by atoms with Gasteiger partial charge in [0, 0.05) is 0 Å². The molecule has 0 radical (unpaired) electrons. The Bertz CT molecular complexity index is 825. The third-order valence-corrected chi connectivity index (χ3v) is 3.77. The van der Waals surface area contributed by atoms with Crippen LogP contribution in [0.4, 0.5) is 0 Å². The van der Waals surface area contributed by atoms with E-state index in [9.17, 15) is 4.79 Å². The van der Waals surface area contributed by atoms with E-state index in [4.69, 9.17) is 9.47 Å². The van der Waals surface area contributed by atoms with E-state index in [1.807, 2.05) is 66.7 Å². The van der Waals surface area contributed by atoms with E-state index in [1.54, 1.807) is 13.2 Å².